The number of sulfonamides is 1. The topological polar surface area (TPSA) is 60.9 Å². The molecule has 0 radical (unpaired) electrons. The lowest BCUT2D eigenvalue weighted by Crippen LogP contribution is -2.48. The van der Waals surface area contributed by atoms with E-state index in [4.69, 9.17) is 11.6 Å². The van der Waals surface area contributed by atoms with Gasteiger partial charge in [-0.2, -0.15) is 0 Å². The van der Waals surface area contributed by atoms with Crippen molar-refractivity contribution < 1.29 is 13.2 Å². The van der Waals surface area contributed by atoms with Gasteiger partial charge in [0.2, 0.25) is 15.9 Å². The molecule has 0 saturated carbocycles. The van der Waals surface area contributed by atoms with E-state index in [0.29, 0.717) is 36.6 Å². The molecule has 0 atom stereocenters. The minimum absolute atomic E-state index is 0.0696. The van der Waals surface area contributed by atoms with E-state index < -0.39 is 10.0 Å². The zero-order chi connectivity index (χ0) is 22.6. The number of hydrogen-bond donors (Lipinski definition) is 0. The number of halogens is 1. The largest absolute Gasteiger partial charge is 0.368 e. The minimum atomic E-state index is -3.43. The van der Waals surface area contributed by atoms with Crippen molar-refractivity contribution in [1.29, 1.82) is 0 Å². The average Bonchev–Trinajstić information content (AvgIpc) is 2.73. The quantitative estimate of drug-likeness (QED) is 0.625. The van der Waals surface area contributed by atoms with Crippen LogP contribution in [-0.4, -0.2) is 58.2 Å². The number of anilines is 2. The maximum absolute atomic E-state index is 12.7. The highest BCUT2D eigenvalue weighted by molar-refractivity contribution is 7.92. The summed E-state index contributed by atoms with van der Waals surface area (Å²) < 4.78 is 26.2. The first-order valence-corrected chi connectivity index (χ1v) is 12.7. The summed E-state index contributed by atoms with van der Waals surface area (Å²) in [6.45, 7) is 6.99. The van der Waals surface area contributed by atoms with Gasteiger partial charge in [0, 0.05) is 49.9 Å². The van der Waals surface area contributed by atoms with E-state index in [1.807, 2.05) is 61.2 Å². The van der Waals surface area contributed by atoms with Crippen LogP contribution in [0.3, 0.4) is 0 Å². The maximum Gasteiger partial charge on any atom is 0.232 e. The number of piperazine rings is 1. The van der Waals surface area contributed by atoms with Crippen molar-refractivity contribution >= 4 is 38.9 Å². The van der Waals surface area contributed by atoms with Gasteiger partial charge in [-0.3, -0.25) is 9.10 Å². The molecule has 2 aromatic rings. The van der Waals surface area contributed by atoms with Gasteiger partial charge in [0.1, 0.15) is 0 Å². The molecule has 8 heteroatoms. The van der Waals surface area contributed by atoms with Crippen molar-refractivity contribution in [3.05, 3.63) is 58.6 Å². The van der Waals surface area contributed by atoms with Gasteiger partial charge in [-0.05, 0) is 55.7 Å². The predicted molar refractivity (Wildman–Crippen MR) is 128 cm³/mol. The summed E-state index contributed by atoms with van der Waals surface area (Å²) in [5.74, 6) is 0.0696. The van der Waals surface area contributed by atoms with Crippen LogP contribution >= 0.6 is 11.6 Å². The number of nitrogens with zero attached hydrogens (tertiary/aromatic N) is 3. The minimum Gasteiger partial charge on any atom is -0.368 e. The van der Waals surface area contributed by atoms with E-state index in [0.717, 1.165) is 29.9 Å². The lowest BCUT2D eigenvalue weighted by atomic mass is 10.1. The molecule has 168 valence electrons. The molecule has 0 unspecified atom stereocenters. The summed E-state index contributed by atoms with van der Waals surface area (Å²) in [6.07, 6.45) is 2.02. The number of carbonyl (C=O) groups excluding carboxylic acids is 1. The number of rotatable bonds is 7. The zero-order valence-electron chi connectivity index (χ0n) is 18.3. The van der Waals surface area contributed by atoms with Gasteiger partial charge in [-0.1, -0.05) is 29.8 Å². The van der Waals surface area contributed by atoms with E-state index in [2.05, 4.69) is 4.90 Å². The van der Waals surface area contributed by atoms with Crippen LogP contribution < -0.4 is 9.21 Å². The van der Waals surface area contributed by atoms with Crippen molar-refractivity contribution in [3.8, 4) is 0 Å². The summed E-state index contributed by atoms with van der Waals surface area (Å²) in [4.78, 5) is 16.8. The normalized spacial score (nSPS) is 14.6. The van der Waals surface area contributed by atoms with Gasteiger partial charge in [-0.25, -0.2) is 8.42 Å². The molecule has 0 spiro atoms. The van der Waals surface area contributed by atoms with Crippen molar-refractivity contribution in [2.24, 2.45) is 0 Å². The van der Waals surface area contributed by atoms with E-state index in [9.17, 15) is 13.2 Å². The Morgan fingerprint density at radius 1 is 1.06 bits per heavy atom. The molecule has 31 heavy (non-hydrogen) atoms. The first kappa shape index (κ1) is 23.4. The molecule has 6 nitrogen and oxygen atoms in total. The van der Waals surface area contributed by atoms with E-state index in [1.165, 1.54) is 10.6 Å². The molecule has 1 aliphatic rings. The highest BCUT2D eigenvalue weighted by Gasteiger charge is 2.23. The van der Waals surface area contributed by atoms with Crippen LogP contribution in [0, 0.1) is 13.8 Å². The molecular formula is C23H30ClN3O3S. The third kappa shape index (κ3) is 5.92. The molecule has 1 fully saturated rings. The second kappa shape index (κ2) is 9.92. The van der Waals surface area contributed by atoms with Gasteiger partial charge in [-0.15, -0.1) is 0 Å². The summed E-state index contributed by atoms with van der Waals surface area (Å²) in [6, 6.07) is 13.4. The molecule has 1 amide bonds. The summed E-state index contributed by atoms with van der Waals surface area (Å²) in [7, 11) is -3.43. The molecule has 2 aromatic carbocycles. The van der Waals surface area contributed by atoms with Crippen LogP contribution in [-0.2, 0) is 14.8 Å². The summed E-state index contributed by atoms with van der Waals surface area (Å²) >= 11 is 6.08. The smallest absolute Gasteiger partial charge is 0.232 e. The number of hydrogen-bond acceptors (Lipinski definition) is 4. The van der Waals surface area contributed by atoms with Crippen LogP contribution in [0.15, 0.2) is 42.5 Å². The highest BCUT2D eigenvalue weighted by Crippen LogP contribution is 2.25. The van der Waals surface area contributed by atoms with Crippen LogP contribution in [0.5, 0.6) is 0 Å². The summed E-state index contributed by atoms with van der Waals surface area (Å²) in [5, 5.41) is 0.704. The first-order valence-electron chi connectivity index (χ1n) is 10.5. The Morgan fingerprint density at radius 3 is 2.39 bits per heavy atom. The van der Waals surface area contributed by atoms with Crippen LogP contribution in [0.2, 0.25) is 5.02 Å². The average molecular weight is 464 g/mol. The Kier molecular flexibility index (Phi) is 7.49. The monoisotopic (exact) mass is 463 g/mol. The fraction of sp³-hybridized carbons (Fsp3) is 0.435. The van der Waals surface area contributed by atoms with Gasteiger partial charge < -0.3 is 9.80 Å². The lowest BCUT2D eigenvalue weighted by molar-refractivity contribution is -0.131. The number of amides is 1. The van der Waals surface area contributed by atoms with Gasteiger partial charge >= 0.3 is 0 Å². The third-order valence-corrected chi connectivity index (χ3v) is 7.22. The van der Waals surface area contributed by atoms with Crippen LogP contribution in [0.25, 0.3) is 0 Å². The SMILES string of the molecule is Cc1cccc(N(CCCC(=O)N2CCN(c3cccc(Cl)c3)CC2)S(C)(=O)=O)c1C. The molecule has 0 aromatic heterocycles. The fourth-order valence-corrected chi connectivity index (χ4v) is 5.09. The standard InChI is InChI=1S/C23H30ClN3O3S/c1-18-7-4-10-22(19(18)2)27(31(3,29)30)12-6-11-23(28)26-15-13-25(14-16-26)21-9-5-8-20(24)17-21/h4-5,7-10,17H,6,11-16H2,1-3H3. The highest BCUT2D eigenvalue weighted by atomic mass is 35.5. The molecule has 1 saturated heterocycles. The first-order chi connectivity index (χ1) is 14.7. The second-order valence-electron chi connectivity index (χ2n) is 8.01. The van der Waals surface area contributed by atoms with Gasteiger partial charge in [0.05, 0.1) is 11.9 Å². The number of benzene rings is 2. The number of aryl methyl sites for hydroxylation is 1. The zero-order valence-corrected chi connectivity index (χ0v) is 19.9. The Bertz CT molecular complexity index is 1030. The van der Waals surface area contributed by atoms with Crippen LogP contribution in [0.4, 0.5) is 11.4 Å². The molecule has 1 aliphatic heterocycles. The van der Waals surface area contributed by atoms with Crippen molar-refractivity contribution in [1.82, 2.24) is 4.90 Å². The Morgan fingerprint density at radius 2 is 1.74 bits per heavy atom. The number of carbonyl (C=O) groups is 1. The van der Waals surface area contributed by atoms with Gasteiger partial charge in [0.25, 0.3) is 0 Å². The van der Waals surface area contributed by atoms with E-state index in [1.54, 1.807) is 0 Å². The summed E-state index contributed by atoms with van der Waals surface area (Å²) in [5.41, 5.74) is 3.73. The Hall–Kier alpha value is -2.25. The molecule has 3 rings (SSSR count). The third-order valence-electron chi connectivity index (χ3n) is 5.80. The van der Waals surface area contributed by atoms with Gasteiger partial charge in [0.15, 0.2) is 0 Å². The Balaban J connectivity index is 1.55. The maximum atomic E-state index is 12.7. The van der Waals surface area contributed by atoms with Crippen molar-refractivity contribution in [2.75, 3.05) is 48.2 Å². The molecule has 0 N–H and O–H groups in total. The fourth-order valence-electron chi connectivity index (χ4n) is 3.89. The van der Waals surface area contributed by atoms with E-state index in [-0.39, 0.29) is 12.5 Å². The van der Waals surface area contributed by atoms with Crippen molar-refractivity contribution in [2.45, 2.75) is 26.7 Å². The Labute approximate surface area is 190 Å². The van der Waals surface area contributed by atoms with Crippen molar-refractivity contribution in [3.63, 3.8) is 0 Å². The molecule has 0 aliphatic carbocycles. The molecule has 1 heterocycles. The predicted octanol–water partition coefficient (Wildman–Crippen LogP) is 3.85. The van der Waals surface area contributed by atoms with Crippen LogP contribution in [0.1, 0.15) is 24.0 Å². The lowest BCUT2D eigenvalue weighted by Gasteiger charge is -2.36. The molecular weight excluding hydrogens is 434 g/mol. The second-order valence-corrected chi connectivity index (χ2v) is 10.3. The van der Waals surface area contributed by atoms with E-state index >= 15 is 0 Å². The molecule has 0 bridgehead atoms.